The van der Waals surface area contributed by atoms with Crippen molar-refractivity contribution in [2.45, 2.75) is 39.7 Å². The molecule has 2 N–H and O–H groups in total. The van der Waals surface area contributed by atoms with E-state index < -0.39 is 0 Å². The van der Waals surface area contributed by atoms with Crippen LogP contribution in [-0.4, -0.2) is 55.7 Å². The van der Waals surface area contributed by atoms with E-state index in [2.05, 4.69) is 36.0 Å². The number of amides is 1. The van der Waals surface area contributed by atoms with E-state index in [1.807, 2.05) is 12.1 Å². The molecule has 1 amide bonds. The summed E-state index contributed by atoms with van der Waals surface area (Å²) in [5.41, 5.74) is 1.06. The number of aromatic amines is 1. The van der Waals surface area contributed by atoms with Crippen molar-refractivity contribution >= 4 is 16.8 Å². The molecule has 154 valence electrons. The normalized spacial score (nSPS) is 12.2. The number of methoxy groups -OCH3 is 2. The lowest BCUT2D eigenvalue weighted by atomic mass is 10.1. The van der Waals surface area contributed by atoms with Crippen molar-refractivity contribution < 1.29 is 14.3 Å². The van der Waals surface area contributed by atoms with Gasteiger partial charge in [-0.25, -0.2) is 0 Å². The fourth-order valence-corrected chi connectivity index (χ4v) is 3.34. The molecule has 7 nitrogen and oxygen atoms in total. The zero-order valence-electron chi connectivity index (χ0n) is 17.4. The number of carbonyl (C=O) groups is 1. The Hall–Kier alpha value is -2.54. The third-order valence-electron chi connectivity index (χ3n) is 5.08. The molecule has 28 heavy (non-hydrogen) atoms. The van der Waals surface area contributed by atoms with Crippen LogP contribution in [0.2, 0.25) is 0 Å². The van der Waals surface area contributed by atoms with Gasteiger partial charge in [0.2, 0.25) is 5.91 Å². The van der Waals surface area contributed by atoms with Crippen molar-refractivity contribution in [1.82, 2.24) is 15.2 Å². The van der Waals surface area contributed by atoms with Gasteiger partial charge in [-0.15, -0.1) is 0 Å². The number of ether oxygens (including phenoxy) is 2. The van der Waals surface area contributed by atoms with E-state index in [-0.39, 0.29) is 23.9 Å². The van der Waals surface area contributed by atoms with Gasteiger partial charge in [0.05, 0.1) is 19.7 Å². The highest BCUT2D eigenvalue weighted by Crippen LogP contribution is 2.31. The maximum absolute atomic E-state index is 12.4. The number of nitrogens with zero attached hydrogens (tertiary/aromatic N) is 1. The van der Waals surface area contributed by atoms with E-state index >= 15 is 0 Å². The minimum Gasteiger partial charge on any atom is -0.493 e. The average molecular weight is 389 g/mol. The quantitative estimate of drug-likeness (QED) is 0.652. The molecule has 1 atom stereocenters. The first kappa shape index (κ1) is 21.8. The van der Waals surface area contributed by atoms with Crippen LogP contribution in [0.15, 0.2) is 23.0 Å². The van der Waals surface area contributed by atoms with Gasteiger partial charge in [-0.3, -0.25) is 14.5 Å². The van der Waals surface area contributed by atoms with E-state index in [4.69, 9.17) is 9.47 Å². The van der Waals surface area contributed by atoms with Crippen LogP contribution in [0.5, 0.6) is 11.5 Å². The van der Waals surface area contributed by atoms with Crippen LogP contribution in [0.4, 0.5) is 0 Å². The van der Waals surface area contributed by atoms with Crippen LogP contribution in [0.25, 0.3) is 10.9 Å². The second-order valence-corrected chi connectivity index (χ2v) is 6.79. The Bertz CT molecular complexity index is 859. The number of fused-ring (bicyclic) bond motifs is 1. The molecule has 1 aromatic heterocycles. The van der Waals surface area contributed by atoms with E-state index in [1.54, 1.807) is 20.3 Å². The Labute approximate surface area is 166 Å². The highest BCUT2D eigenvalue weighted by atomic mass is 16.5. The molecule has 0 bridgehead atoms. The van der Waals surface area contributed by atoms with Crippen LogP contribution in [0.1, 0.15) is 32.8 Å². The number of aromatic nitrogens is 1. The molecule has 0 saturated carbocycles. The number of rotatable bonds is 10. The maximum atomic E-state index is 12.4. The number of hydrogen-bond donors (Lipinski definition) is 2. The summed E-state index contributed by atoms with van der Waals surface area (Å²) in [6.45, 7) is 8.83. The number of H-pyrrole nitrogens is 1. The summed E-state index contributed by atoms with van der Waals surface area (Å²) >= 11 is 0. The molecule has 0 aliphatic carbocycles. The Morgan fingerprint density at radius 2 is 1.79 bits per heavy atom. The van der Waals surface area contributed by atoms with Crippen LogP contribution in [-0.2, 0) is 11.2 Å². The topological polar surface area (TPSA) is 83.7 Å². The summed E-state index contributed by atoms with van der Waals surface area (Å²) in [7, 11) is 3.12. The average Bonchev–Trinajstić information content (AvgIpc) is 2.70. The highest BCUT2D eigenvalue weighted by Gasteiger charge is 2.13. The monoisotopic (exact) mass is 389 g/mol. The standard InChI is InChI=1S/C21H31N3O4/c1-6-24(7-2)14(3)13-22-20(25)9-8-15-10-16-11-18(27-4)19(28-5)12-17(16)23-21(15)26/h10-12,14H,6-9,13H2,1-5H3,(H,22,25)(H,23,26). The number of nitrogens with one attached hydrogen (secondary N) is 2. The van der Waals surface area contributed by atoms with Gasteiger partial charge < -0.3 is 19.8 Å². The zero-order chi connectivity index (χ0) is 20.7. The summed E-state index contributed by atoms with van der Waals surface area (Å²) < 4.78 is 10.6. The molecule has 0 saturated heterocycles. The van der Waals surface area contributed by atoms with E-state index in [0.717, 1.165) is 18.5 Å². The zero-order valence-corrected chi connectivity index (χ0v) is 17.4. The molecular formula is C21H31N3O4. The lowest BCUT2D eigenvalue weighted by Crippen LogP contribution is -2.42. The number of carbonyl (C=O) groups excluding carboxylic acids is 1. The van der Waals surface area contributed by atoms with Gasteiger partial charge in [0.1, 0.15) is 0 Å². The van der Waals surface area contributed by atoms with Crippen molar-refractivity contribution in [2.75, 3.05) is 33.9 Å². The SMILES string of the molecule is CCN(CC)C(C)CNC(=O)CCc1cc2cc(OC)c(OC)cc2[nH]c1=O. The summed E-state index contributed by atoms with van der Waals surface area (Å²) in [6.07, 6.45) is 0.651. The molecule has 7 heteroatoms. The summed E-state index contributed by atoms with van der Waals surface area (Å²) in [5, 5.41) is 3.80. The van der Waals surface area contributed by atoms with Gasteiger partial charge in [-0.05, 0) is 38.6 Å². The third-order valence-corrected chi connectivity index (χ3v) is 5.08. The van der Waals surface area contributed by atoms with Gasteiger partial charge in [-0.2, -0.15) is 0 Å². The molecule has 2 rings (SSSR count). The lowest BCUT2D eigenvalue weighted by Gasteiger charge is -2.26. The van der Waals surface area contributed by atoms with Gasteiger partial charge in [0.25, 0.3) is 5.56 Å². The Balaban J connectivity index is 2.04. The minimum atomic E-state index is -0.191. The molecule has 1 unspecified atom stereocenters. The van der Waals surface area contributed by atoms with Crippen molar-refractivity contribution in [3.63, 3.8) is 0 Å². The predicted molar refractivity (Wildman–Crippen MR) is 111 cm³/mol. The van der Waals surface area contributed by atoms with Crippen molar-refractivity contribution in [3.8, 4) is 11.5 Å². The summed E-state index contributed by atoms with van der Waals surface area (Å²) in [4.78, 5) is 29.7. The van der Waals surface area contributed by atoms with Gasteiger partial charge >= 0.3 is 0 Å². The van der Waals surface area contributed by atoms with Crippen molar-refractivity contribution in [3.05, 3.63) is 34.1 Å². The van der Waals surface area contributed by atoms with Crippen molar-refractivity contribution in [2.24, 2.45) is 0 Å². The first-order valence-electron chi connectivity index (χ1n) is 9.72. The van der Waals surface area contributed by atoms with E-state index in [0.29, 0.717) is 35.5 Å². The number of likely N-dealkylation sites (N-methyl/N-ethyl adjacent to an activating group) is 1. The summed E-state index contributed by atoms with van der Waals surface area (Å²) in [5.74, 6) is 1.10. The number of benzene rings is 1. The molecular weight excluding hydrogens is 358 g/mol. The molecule has 0 aliphatic heterocycles. The lowest BCUT2D eigenvalue weighted by molar-refractivity contribution is -0.121. The molecule has 1 aromatic carbocycles. The minimum absolute atomic E-state index is 0.0502. The fourth-order valence-electron chi connectivity index (χ4n) is 3.34. The smallest absolute Gasteiger partial charge is 0.251 e. The number of pyridine rings is 1. The second kappa shape index (κ2) is 10.1. The fraction of sp³-hybridized carbons (Fsp3) is 0.524. The van der Waals surface area contributed by atoms with E-state index in [1.165, 1.54) is 0 Å². The van der Waals surface area contributed by atoms with Crippen LogP contribution in [0, 0.1) is 0 Å². The molecule has 0 radical (unpaired) electrons. The Kier molecular flexibility index (Phi) is 7.87. The van der Waals surface area contributed by atoms with Crippen LogP contribution < -0.4 is 20.3 Å². The van der Waals surface area contributed by atoms with Crippen molar-refractivity contribution in [1.29, 1.82) is 0 Å². The molecule has 0 aliphatic rings. The molecule has 0 spiro atoms. The Morgan fingerprint density at radius 1 is 1.14 bits per heavy atom. The van der Waals surface area contributed by atoms with Gasteiger partial charge in [-0.1, -0.05) is 13.8 Å². The molecule has 2 aromatic rings. The molecule has 1 heterocycles. The van der Waals surface area contributed by atoms with Crippen LogP contribution in [0.3, 0.4) is 0 Å². The van der Waals surface area contributed by atoms with Crippen LogP contribution >= 0.6 is 0 Å². The number of hydrogen-bond acceptors (Lipinski definition) is 5. The number of aryl methyl sites for hydroxylation is 1. The van der Waals surface area contributed by atoms with E-state index in [9.17, 15) is 9.59 Å². The third kappa shape index (κ3) is 5.25. The second-order valence-electron chi connectivity index (χ2n) is 6.79. The Morgan fingerprint density at radius 3 is 2.39 bits per heavy atom. The first-order valence-corrected chi connectivity index (χ1v) is 9.72. The summed E-state index contributed by atoms with van der Waals surface area (Å²) in [6, 6.07) is 5.65. The first-order chi connectivity index (χ1) is 13.4. The van der Waals surface area contributed by atoms with Gasteiger partial charge in [0.15, 0.2) is 11.5 Å². The maximum Gasteiger partial charge on any atom is 0.251 e. The molecule has 0 fully saturated rings. The van der Waals surface area contributed by atoms with Gasteiger partial charge in [0, 0.05) is 36.0 Å². The highest BCUT2D eigenvalue weighted by molar-refractivity contribution is 5.83. The largest absolute Gasteiger partial charge is 0.493 e. The predicted octanol–water partition coefficient (Wildman–Crippen LogP) is 2.32.